The Hall–Kier alpha value is -10.8. The third kappa shape index (κ3) is 7.36. The summed E-state index contributed by atoms with van der Waals surface area (Å²) >= 11 is 0. The minimum atomic E-state index is -0.576. The lowest BCUT2D eigenvalue weighted by Gasteiger charge is -2.42. The Labute approximate surface area is 488 Å². The van der Waals surface area contributed by atoms with E-state index in [9.17, 15) is 5.48 Å². The molecule has 0 unspecified atom stereocenters. The second kappa shape index (κ2) is 18.7. The van der Waals surface area contributed by atoms with Gasteiger partial charge >= 0.3 is 0 Å². The molecule has 16 rings (SSSR count). The predicted molar refractivity (Wildman–Crippen MR) is 334 cm³/mol. The maximum absolute atomic E-state index is 9.20. The molecule has 15 aromatic rings. The molecule has 0 aliphatic carbocycles. The van der Waals surface area contributed by atoms with Crippen molar-refractivity contribution in [2.45, 2.75) is 19.3 Å². The molecule has 0 saturated heterocycles. The molecule has 0 bridgehead atoms. The molecule has 1 aliphatic heterocycles. The third-order valence-corrected chi connectivity index (χ3v) is 16.1. The van der Waals surface area contributed by atoms with Gasteiger partial charge in [0.1, 0.15) is 11.6 Å². The second-order valence-electron chi connectivity index (χ2n) is 21.0. The van der Waals surface area contributed by atoms with Crippen LogP contribution in [0.1, 0.15) is 38.7 Å². The molecule has 4 aromatic heterocycles. The number of nitrogens with zero attached hydrogens (tertiary/aromatic N) is 6. The van der Waals surface area contributed by atoms with Gasteiger partial charge in [0.25, 0.3) is 6.33 Å². The zero-order valence-electron chi connectivity index (χ0n) is 54.4. The van der Waals surface area contributed by atoms with Crippen LogP contribution in [0.4, 0.5) is 17.1 Å². The molecule has 5 heterocycles. The van der Waals surface area contributed by atoms with Crippen molar-refractivity contribution in [2.75, 3.05) is 4.90 Å². The number of benzene rings is 11. The van der Waals surface area contributed by atoms with Gasteiger partial charge in [-0.2, -0.15) is 0 Å². The number of imidazole rings is 1. The highest BCUT2D eigenvalue weighted by atomic mass is 16.5. The molecule has 0 N–H and O–H groups in total. The highest BCUT2D eigenvalue weighted by Gasteiger charge is 2.37. The molecule has 0 fully saturated rings. The van der Waals surface area contributed by atoms with Gasteiger partial charge in [-0.05, 0) is 94.0 Å². The first-order chi connectivity index (χ1) is 44.6. The lowest BCUT2D eigenvalue weighted by molar-refractivity contribution is -0.571. The Morgan fingerprint density at radius 1 is 0.463 bits per heavy atom. The minimum Gasteiger partial charge on any atom is -0.456 e. The van der Waals surface area contributed by atoms with Crippen molar-refractivity contribution in [1.82, 2.24) is 18.7 Å². The smallest absolute Gasteiger partial charge is 0.269 e. The van der Waals surface area contributed by atoms with E-state index < -0.39 is 60.4 Å². The topological polar surface area (TPSA) is 44.0 Å². The molecule has 82 heavy (non-hydrogen) atoms. The maximum atomic E-state index is 9.20. The molecule has 0 spiro atoms. The number of pyridine rings is 1. The summed E-state index contributed by atoms with van der Waals surface area (Å²) < 4.78 is 104. The van der Waals surface area contributed by atoms with Crippen molar-refractivity contribution in [3.63, 3.8) is 0 Å². The number of para-hydroxylation sites is 8. The van der Waals surface area contributed by atoms with Crippen LogP contribution in [0.3, 0.4) is 0 Å². The summed E-state index contributed by atoms with van der Waals surface area (Å²) in [5.74, 6) is 1.71. The van der Waals surface area contributed by atoms with Crippen LogP contribution in [0.5, 0.6) is 11.5 Å². The van der Waals surface area contributed by atoms with Gasteiger partial charge in [0, 0.05) is 45.3 Å². The quantitative estimate of drug-likeness (QED) is 0.107. The first-order valence-electron chi connectivity index (χ1n) is 32.1. The lowest BCUT2D eigenvalue weighted by atomic mass is 9.73. The monoisotopic (exact) mass is 1060 g/mol. The Kier molecular flexibility index (Phi) is 8.65. The van der Waals surface area contributed by atoms with Crippen LogP contribution in [0, 0.1) is 6.33 Å². The van der Waals surface area contributed by atoms with E-state index in [1.807, 2.05) is 77.5 Å². The molecule has 388 valence electrons. The third-order valence-electron chi connectivity index (χ3n) is 16.1. The highest BCUT2D eigenvalue weighted by molar-refractivity contribution is 6.13. The van der Waals surface area contributed by atoms with Crippen molar-refractivity contribution in [1.29, 1.82) is 0 Å². The van der Waals surface area contributed by atoms with Crippen LogP contribution in [-0.2, 0) is 5.41 Å². The van der Waals surface area contributed by atoms with Gasteiger partial charge in [0.2, 0.25) is 0 Å². The van der Waals surface area contributed by atoms with Gasteiger partial charge in [-0.25, -0.2) is 4.98 Å². The normalized spacial score (nSPS) is 14.5. The van der Waals surface area contributed by atoms with Gasteiger partial charge in [0.05, 0.1) is 80.9 Å². The SMILES string of the molecule is [2H]c1c([2H])c([2H])c(-c2cccc(-c3c([2H])c([2H])c([2H])c([2H])c3[2H])c2-[n+]2[c-]n(-c3cccc(Oc4cc5c(cc4-n4c6ccccc6c6ccccc64)c4ccccc4n5-c4cc(N5c6ccccc6C(C)(C)c6ccccc65)ccn4)c3)c3ccccc32)c([2H])c1[2H]. The molecular weight excluding hydrogens is 1000 g/mol. The number of aromatic nitrogens is 5. The van der Waals surface area contributed by atoms with Gasteiger partial charge in [-0.15, -0.1) is 0 Å². The van der Waals surface area contributed by atoms with Crippen LogP contribution >= 0.6 is 0 Å². The molecule has 0 amide bonds. The van der Waals surface area contributed by atoms with E-state index in [2.05, 4.69) is 162 Å². The molecule has 11 aromatic carbocycles. The summed E-state index contributed by atoms with van der Waals surface area (Å²) in [6.45, 7) is 4.57. The largest absolute Gasteiger partial charge is 0.456 e. The summed E-state index contributed by atoms with van der Waals surface area (Å²) in [5, 5.41) is 4.16. The number of rotatable bonds is 9. The lowest BCUT2D eigenvalue weighted by Crippen LogP contribution is -2.31. The average molecular weight is 1060 g/mol. The summed E-state index contributed by atoms with van der Waals surface area (Å²) in [4.78, 5) is 7.50. The molecular formula is C75H52N6O. The van der Waals surface area contributed by atoms with E-state index in [0.29, 0.717) is 34.0 Å². The summed E-state index contributed by atoms with van der Waals surface area (Å²) in [6.07, 6.45) is 5.41. The van der Waals surface area contributed by atoms with E-state index in [4.69, 9.17) is 17.9 Å². The Morgan fingerprint density at radius 2 is 1.01 bits per heavy atom. The molecule has 7 nitrogen and oxygen atoms in total. The fourth-order valence-electron chi connectivity index (χ4n) is 12.5. The standard InChI is InChI=1S/C75H52N6O/c1-75(2)61-34-12-17-39-66(61)79(67-40-18-13-35-62(67)75)53-43-44-76-73(46-53)81-65-38-16-11-31-59(65)60-47-71(80-63-36-14-9-29-57(63)58-30-10-15-37-64(58)80)72(48-70(60)81)82-54-28-21-27-52(45-54)77-49-78(69-42-20-19-41-68(69)77)74-55(50-23-5-3-6-24-50)32-22-33-56(74)51-25-7-4-8-26-51/h3-48H,1-2H3/i3D,4D,5D,6D,7D,8D,23D,24D,25D,26D. The number of hydrogen-bond donors (Lipinski definition) is 0. The van der Waals surface area contributed by atoms with E-state index in [1.165, 1.54) is 11.1 Å². The number of ether oxygens (including phenoxy) is 1. The number of hydrogen-bond acceptors (Lipinski definition) is 3. The molecule has 0 atom stereocenters. The van der Waals surface area contributed by atoms with E-state index in [1.54, 1.807) is 22.8 Å². The zero-order valence-corrected chi connectivity index (χ0v) is 44.4. The van der Waals surface area contributed by atoms with Crippen molar-refractivity contribution in [2.24, 2.45) is 0 Å². The van der Waals surface area contributed by atoms with Gasteiger partial charge in [-0.3, -0.25) is 13.7 Å². The minimum absolute atomic E-state index is 0.144. The Morgan fingerprint density at radius 3 is 1.66 bits per heavy atom. The van der Waals surface area contributed by atoms with Gasteiger partial charge in [0.15, 0.2) is 5.75 Å². The van der Waals surface area contributed by atoms with Crippen LogP contribution < -0.4 is 14.2 Å². The number of anilines is 3. The highest BCUT2D eigenvalue weighted by Crippen LogP contribution is 2.52. The van der Waals surface area contributed by atoms with Crippen LogP contribution in [0.25, 0.3) is 99.8 Å². The molecule has 1 aliphatic rings. The van der Waals surface area contributed by atoms with Gasteiger partial charge in [-0.1, -0.05) is 214 Å². The number of fused-ring (bicyclic) bond motifs is 9. The van der Waals surface area contributed by atoms with E-state index >= 15 is 0 Å². The molecule has 0 saturated carbocycles. The first kappa shape index (κ1) is 37.9. The second-order valence-corrected chi connectivity index (χ2v) is 21.0. The van der Waals surface area contributed by atoms with Crippen molar-refractivity contribution in [3.05, 3.63) is 296 Å². The predicted octanol–water partition coefficient (Wildman–Crippen LogP) is 18.5. The van der Waals surface area contributed by atoms with E-state index in [-0.39, 0.29) is 33.4 Å². The van der Waals surface area contributed by atoms with E-state index in [0.717, 1.165) is 66.4 Å². The molecule has 7 heteroatoms. The van der Waals surface area contributed by atoms with Crippen LogP contribution in [-0.4, -0.2) is 18.7 Å². The van der Waals surface area contributed by atoms with Crippen LogP contribution in [0.2, 0.25) is 0 Å². The summed E-state index contributed by atoms with van der Waals surface area (Å²) in [5.41, 5.74) is 11.8. The van der Waals surface area contributed by atoms with Crippen molar-refractivity contribution >= 4 is 71.7 Å². The van der Waals surface area contributed by atoms with Crippen LogP contribution in [0.15, 0.2) is 279 Å². The average Bonchev–Trinajstić information content (AvgIpc) is 1.22. The summed E-state index contributed by atoms with van der Waals surface area (Å²) in [7, 11) is 0. The fourth-order valence-corrected chi connectivity index (χ4v) is 12.5. The first-order valence-corrected chi connectivity index (χ1v) is 27.1. The van der Waals surface area contributed by atoms with Crippen molar-refractivity contribution in [3.8, 4) is 56.6 Å². The Bertz CT molecular complexity index is 5410. The summed E-state index contributed by atoms with van der Waals surface area (Å²) in [6, 6.07) is 65.4. The zero-order chi connectivity index (χ0) is 63.2. The maximum Gasteiger partial charge on any atom is 0.269 e. The Balaban J connectivity index is 0.904. The van der Waals surface area contributed by atoms with Gasteiger partial charge < -0.3 is 14.2 Å². The fraction of sp³-hybridized carbons (Fsp3) is 0.0400. The van der Waals surface area contributed by atoms with Crippen molar-refractivity contribution < 1.29 is 23.0 Å². The molecule has 0 radical (unpaired) electrons.